The van der Waals surface area contributed by atoms with Crippen LogP contribution in [0.15, 0.2) is 29.2 Å². The highest BCUT2D eigenvalue weighted by Crippen LogP contribution is 2.22. The minimum absolute atomic E-state index is 0.0561. The molecule has 2 nitrogen and oxygen atoms in total. The summed E-state index contributed by atoms with van der Waals surface area (Å²) in [5.41, 5.74) is 1.13. The Hall–Kier alpha value is -0.610. The lowest BCUT2D eigenvalue weighted by Gasteiger charge is -2.07. The zero-order valence-electron chi connectivity index (χ0n) is 10.3. The van der Waals surface area contributed by atoms with Crippen molar-refractivity contribution in [2.45, 2.75) is 37.0 Å². The number of amides is 1. The molecule has 1 amide bonds. The Bertz CT molecular complexity index is 349. The van der Waals surface area contributed by atoms with Crippen LogP contribution in [-0.4, -0.2) is 16.9 Å². The first kappa shape index (κ1) is 14.5. The van der Waals surface area contributed by atoms with Gasteiger partial charge in [0.25, 0.3) is 0 Å². The monoisotopic (exact) mass is 269 g/mol. The van der Waals surface area contributed by atoms with Crippen molar-refractivity contribution < 1.29 is 4.79 Å². The van der Waals surface area contributed by atoms with Gasteiger partial charge in [-0.15, -0.1) is 11.8 Å². The molecule has 94 valence electrons. The van der Waals surface area contributed by atoms with E-state index in [2.05, 4.69) is 56.1 Å². The zero-order valence-corrected chi connectivity index (χ0v) is 12.0. The number of rotatable bonds is 6. The molecule has 0 spiro atoms. The van der Waals surface area contributed by atoms with E-state index in [1.165, 1.54) is 4.90 Å². The molecule has 0 aliphatic carbocycles. The number of hydrogen-bond donors (Lipinski definition) is 2. The molecule has 0 fully saturated rings. The quantitative estimate of drug-likeness (QED) is 0.614. The van der Waals surface area contributed by atoms with Crippen LogP contribution in [0.4, 0.5) is 0 Å². The molecule has 1 N–H and O–H groups in total. The smallest absolute Gasteiger partial charge is 0.221 e. The molecule has 0 saturated carbocycles. The van der Waals surface area contributed by atoms with Crippen LogP contribution in [0.25, 0.3) is 0 Å². The topological polar surface area (TPSA) is 29.1 Å². The normalized spacial score (nSPS) is 10.6. The Kier molecular flexibility index (Phi) is 6.52. The van der Waals surface area contributed by atoms with E-state index in [1.54, 1.807) is 0 Å². The van der Waals surface area contributed by atoms with Crippen molar-refractivity contribution in [2.75, 3.05) is 5.75 Å². The van der Waals surface area contributed by atoms with E-state index in [9.17, 15) is 4.79 Å². The Morgan fingerprint density at radius 3 is 2.53 bits per heavy atom. The molecule has 0 atom stereocenters. The van der Waals surface area contributed by atoms with Gasteiger partial charge in [-0.2, -0.15) is 12.6 Å². The van der Waals surface area contributed by atoms with Crippen molar-refractivity contribution in [1.82, 2.24) is 5.32 Å². The van der Waals surface area contributed by atoms with Gasteiger partial charge in [-0.05, 0) is 23.4 Å². The van der Waals surface area contributed by atoms with Crippen molar-refractivity contribution in [3.8, 4) is 0 Å². The summed E-state index contributed by atoms with van der Waals surface area (Å²) in [6, 6.07) is 8.33. The van der Waals surface area contributed by atoms with Crippen LogP contribution in [0.2, 0.25) is 0 Å². The summed E-state index contributed by atoms with van der Waals surface area (Å²) >= 11 is 5.86. The molecular formula is C13H19NOS2. The SMILES string of the molecule is CC(C)Sc1ccc(CNC(=O)CCS)cc1. The molecule has 0 aliphatic heterocycles. The maximum atomic E-state index is 11.3. The summed E-state index contributed by atoms with van der Waals surface area (Å²) in [5, 5.41) is 3.46. The van der Waals surface area contributed by atoms with E-state index in [0.29, 0.717) is 24.0 Å². The van der Waals surface area contributed by atoms with Crippen LogP contribution < -0.4 is 5.32 Å². The number of thioether (sulfide) groups is 1. The predicted molar refractivity (Wildman–Crippen MR) is 77.8 cm³/mol. The summed E-state index contributed by atoms with van der Waals surface area (Å²) in [4.78, 5) is 12.5. The maximum absolute atomic E-state index is 11.3. The van der Waals surface area contributed by atoms with Crippen LogP contribution in [0.5, 0.6) is 0 Å². The molecular weight excluding hydrogens is 250 g/mol. The third kappa shape index (κ3) is 6.03. The Labute approximate surface area is 113 Å². The Morgan fingerprint density at radius 2 is 2.00 bits per heavy atom. The molecule has 1 rings (SSSR count). The average molecular weight is 269 g/mol. The van der Waals surface area contributed by atoms with Crippen LogP contribution in [-0.2, 0) is 11.3 Å². The number of hydrogen-bond acceptors (Lipinski definition) is 3. The fraction of sp³-hybridized carbons (Fsp3) is 0.462. The van der Waals surface area contributed by atoms with Gasteiger partial charge in [0.1, 0.15) is 0 Å². The third-order valence-corrected chi connectivity index (χ3v) is 3.36. The lowest BCUT2D eigenvalue weighted by molar-refractivity contribution is -0.120. The molecule has 0 bridgehead atoms. The average Bonchev–Trinajstić information content (AvgIpc) is 2.28. The highest BCUT2D eigenvalue weighted by atomic mass is 32.2. The van der Waals surface area contributed by atoms with Crippen LogP contribution in [0, 0.1) is 0 Å². The summed E-state index contributed by atoms with van der Waals surface area (Å²) in [5.74, 6) is 0.649. The molecule has 1 aromatic rings. The minimum Gasteiger partial charge on any atom is -0.352 e. The van der Waals surface area contributed by atoms with Crippen molar-refractivity contribution in [2.24, 2.45) is 0 Å². The second kappa shape index (κ2) is 7.67. The number of thiol groups is 1. The zero-order chi connectivity index (χ0) is 12.7. The minimum atomic E-state index is 0.0561. The van der Waals surface area contributed by atoms with E-state index in [1.807, 2.05) is 11.8 Å². The summed E-state index contributed by atoms with van der Waals surface area (Å²) < 4.78 is 0. The number of carbonyl (C=O) groups excluding carboxylic acids is 1. The van der Waals surface area contributed by atoms with Gasteiger partial charge in [-0.25, -0.2) is 0 Å². The fourth-order valence-electron chi connectivity index (χ4n) is 1.35. The molecule has 0 aromatic heterocycles. The summed E-state index contributed by atoms with van der Waals surface area (Å²) in [6.07, 6.45) is 0.477. The van der Waals surface area contributed by atoms with Gasteiger partial charge in [-0.3, -0.25) is 4.79 Å². The van der Waals surface area contributed by atoms with Crippen molar-refractivity contribution in [1.29, 1.82) is 0 Å². The molecule has 0 aliphatic rings. The van der Waals surface area contributed by atoms with Gasteiger partial charge in [0.2, 0.25) is 5.91 Å². The highest BCUT2D eigenvalue weighted by Gasteiger charge is 2.01. The van der Waals surface area contributed by atoms with E-state index in [4.69, 9.17) is 0 Å². The second-order valence-electron chi connectivity index (χ2n) is 4.06. The van der Waals surface area contributed by atoms with E-state index < -0.39 is 0 Å². The molecule has 0 radical (unpaired) electrons. The molecule has 17 heavy (non-hydrogen) atoms. The third-order valence-electron chi connectivity index (χ3n) is 2.12. The van der Waals surface area contributed by atoms with Crippen LogP contribution in [0.1, 0.15) is 25.8 Å². The first-order chi connectivity index (χ1) is 8.11. The van der Waals surface area contributed by atoms with Crippen LogP contribution >= 0.6 is 24.4 Å². The Morgan fingerprint density at radius 1 is 1.35 bits per heavy atom. The van der Waals surface area contributed by atoms with E-state index in [0.717, 1.165) is 5.56 Å². The summed E-state index contributed by atoms with van der Waals surface area (Å²) in [7, 11) is 0. The van der Waals surface area contributed by atoms with E-state index >= 15 is 0 Å². The Balaban J connectivity index is 2.42. The maximum Gasteiger partial charge on any atom is 0.221 e. The fourth-order valence-corrected chi connectivity index (χ4v) is 2.39. The van der Waals surface area contributed by atoms with Crippen molar-refractivity contribution in [3.63, 3.8) is 0 Å². The van der Waals surface area contributed by atoms with E-state index in [-0.39, 0.29) is 5.91 Å². The standard InChI is InChI=1S/C13H19NOS2/c1-10(2)17-12-5-3-11(4-6-12)9-14-13(15)7-8-16/h3-6,10,16H,7-9H2,1-2H3,(H,14,15). The van der Waals surface area contributed by atoms with Gasteiger partial charge >= 0.3 is 0 Å². The van der Waals surface area contributed by atoms with Gasteiger partial charge < -0.3 is 5.32 Å². The number of carbonyl (C=O) groups is 1. The number of nitrogens with one attached hydrogen (secondary N) is 1. The lowest BCUT2D eigenvalue weighted by Crippen LogP contribution is -2.22. The van der Waals surface area contributed by atoms with Crippen molar-refractivity contribution >= 4 is 30.3 Å². The van der Waals surface area contributed by atoms with Gasteiger partial charge in [0.05, 0.1) is 0 Å². The predicted octanol–water partition coefficient (Wildman–Crippen LogP) is 3.12. The molecule has 0 heterocycles. The van der Waals surface area contributed by atoms with Gasteiger partial charge in [0.15, 0.2) is 0 Å². The first-order valence-electron chi connectivity index (χ1n) is 5.75. The van der Waals surface area contributed by atoms with Crippen molar-refractivity contribution in [3.05, 3.63) is 29.8 Å². The van der Waals surface area contributed by atoms with Crippen LogP contribution in [0.3, 0.4) is 0 Å². The van der Waals surface area contributed by atoms with Gasteiger partial charge in [-0.1, -0.05) is 26.0 Å². The highest BCUT2D eigenvalue weighted by molar-refractivity contribution is 7.99. The van der Waals surface area contributed by atoms with Gasteiger partial charge in [0, 0.05) is 23.1 Å². The molecule has 0 unspecified atom stereocenters. The molecule has 1 aromatic carbocycles. The molecule has 4 heteroatoms. The summed E-state index contributed by atoms with van der Waals surface area (Å²) in [6.45, 7) is 4.95. The second-order valence-corrected chi connectivity index (χ2v) is 6.16. The molecule has 0 saturated heterocycles. The lowest BCUT2D eigenvalue weighted by atomic mass is 10.2. The first-order valence-corrected chi connectivity index (χ1v) is 7.26. The largest absolute Gasteiger partial charge is 0.352 e. The number of benzene rings is 1.